The van der Waals surface area contributed by atoms with Gasteiger partial charge in [-0.1, -0.05) is 34.1 Å². The second-order valence-electron chi connectivity index (χ2n) is 7.67. The number of aromatic carboxylic acids is 1. The number of nitrogens with zero attached hydrogens (tertiary/aromatic N) is 2. The molecule has 0 atom stereocenters. The quantitative estimate of drug-likeness (QED) is 0.291. The van der Waals surface area contributed by atoms with Crippen LogP contribution in [0.2, 0.25) is 0 Å². The number of rotatable bonds is 7. The second kappa shape index (κ2) is 11.3. The van der Waals surface area contributed by atoms with E-state index in [1.165, 1.54) is 28.8 Å². The van der Waals surface area contributed by atoms with E-state index in [0.29, 0.717) is 38.3 Å². The Balaban J connectivity index is 1.57. The SMILES string of the molecule is COc1cc(/C=C2\SC(=Nc3cccc(C(=O)O)c3)N(C)C2=O)cc(Br)c1OCc1ccc(Br)cc1. The minimum atomic E-state index is -1.04. The van der Waals surface area contributed by atoms with Crippen molar-refractivity contribution in [2.45, 2.75) is 6.61 Å². The molecule has 1 fully saturated rings. The summed E-state index contributed by atoms with van der Waals surface area (Å²) in [5, 5.41) is 9.66. The maximum Gasteiger partial charge on any atom is 0.335 e. The van der Waals surface area contributed by atoms with Gasteiger partial charge in [0.2, 0.25) is 0 Å². The van der Waals surface area contributed by atoms with Crippen LogP contribution in [0.4, 0.5) is 5.69 Å². The number of benzene rings is 3. The molecule has 10 heteroatoms. The first-order valence-electron chi connectivity index (χ1n) is 10.6. The van der Waals surface area contributed by atoms with Crippen LogP contribution in [0, 0.1) is 0 Å². The molecule has 1 saturated heterocycles. The van der Waals surface area contributed by atoms with E-state index in [2.05, 4.69) is 36.9 Å². The van der Waals surface area contributed by atoms with Gasteiger partial charge in [-0.2, -0.15) is 0 Å². The number of methoxy groups -OCH3 is 1. The highest BCUT2D eigenvalue weighted by atomic mass is 79.9. The molecule has 3 aromatic rings. The smallest absolute Gasteiger partial charge is 0.335 e. The molecular weight excluding hydrogens is 612 g/mol. The fourth-order valence-electron chi connectivity index (χ4n) is 3.32. The Morgan fingerprint density at radius 3 is 2.58 bits per heavy atom. The minimum Gasteiger partial charge on any atom is -0.493 e. The number of carbonyl (C=O) groups excluding carboxylic acids is 1. The number of hydrogen-bond acceptors (Lipinski definition) is 6. The number of hydrogen-bond donors (Lipinski definition) is 1. The molecule has 0 radical (unpaired) electrons. The van der Waals surface area contributed by atoms with Crippen molar-refractivity contribution in [2.24, 2.45) is 4.99 Å². The third-order valence-corrected chi connectivity index (χ3v) is 7.35. The molecule has 4 rings (SSSR count). The van der Waals surface area contributed by atoms with Gasteiger partial charge >= 0.3 is 5.97 Å². The van der Waals surface area contributed by atoms with Crippen molar-refractivity contribution in [1.29, 1.82) is 0 Å². The summed E-state index contributed by atoms with van der Waals surface area (Å²) in [7, 11) is 3.19. The summed E-state index contributed by atoms with van der Waals surface area (Å²) in [5.74, 6) is -0.161. The van der Waals surface area contributed by atoms with Gasteiger partial charge in [-0.15, -0.1) is 0 Å². The number of ether oxygens (including phenoxy) is 2. The molecular formula is C26H20Br2N2O5S. The summed E-state index contributed by atoms with van der Waals surface area (Å²) in [4.78, 5) is 30.5. The molecule has 1 aliphatic rings. The van der Waals surface area contributed by atoms with Crippen LogP contribution >= 0.6 is 43.6 Å². The number of carbonyl (C=O) groups is 2. The molecule has 184 valence electrons. The summed E-state index contributed by atoms with van der Waals surface area (Å²) in [6.45, 7) is 0.366. The van der Waals surface area contributed by atoms with Gasteiger partial charge in [0.05, 0.1) is 27.7 Å². The van der Waals surface area contributed by atoms with E-state index in [4.69, 9.17) is 9.47 Å². The van der Waals surface area contributed by atoms with Crippen LogP contribution in [0.15, 0.2) is 79.5 Å². The van der Waals surface area contributed by atoms with E-state index >= 15 is 0 Å². The number of halogens is 2. The highest BCUT2D eigenvalue weighted by Gasteiger charge is 2.30. The largest absolute Gasteiger partial charge is 0.493 e. The average Bonchev–Trinajstić information content (AvgIpc) is 3.11. The third kappa shape index (κ3) is 6.00. The molecule has 0 saturated carbocycles. The standard InChI is InChI=1S/C26H20Br2N2O5S/c1-30-24(31)22(36-26(30)29-19-5-3-4-17(13-19)25(32)33)12-16-10-20(28)23(21(11-16)34-2)35-14-15-6-8-18(27)9-7-15/h3-13H,14H2,1-2H3,(H,32,33)/b22-12-,29-26?. The molecule has 3 aromatic carbocycles. The monoisotopic (exact) mass is 630 g/mol. The zero-order valence-corrected chi connectivity index (χ0v) is 23.2. The third-order valence-electron chi connectivity index (χ3n) is 5.17. The Morgan fingerprint density at radius 1 is 1.14 bits per heavy atom. The molecule has 0 bridgehead atoms. The van der Waals surface area contributed by atoms with Gasteiger partial charge in [-0.25, -0.2) is 9.79 Å². The fraction of sp³-hybridized carbons (Fsp3) is 0.115. The molecule has 1 amide bonds. The number of thioether (sulfide) groups is 1. The number of carboxylic acids is 1. The maximum atomic E-state index is 12.9. The first-order valence-corrected chi connectivity index (χ1v) is 13.0. The zero-order valence-electron chi connectivity index (χ0n) is 19.2. The lowest BCUT2D eigenvalue weighted by Gasteiger charge is -2.14. The van der Waals surface area contributed by atoms with E-state index in [9.17, 15) is 14.7 Å². The van der Waals surface area contributed by atoms with Crippen LogP contribution < -0.4 is 9.47 Å². The summed E-state index contributed by atoms with van der Waals surface area (Å²) >= 11 is 8.20. The van der Waals surface area contributed by atoms with Crippen molar-refractivity contribution in [2.75, 3.05) is 14.2 Å². The Labute approximate surface area is 229 Å². The second-order valence-corrected chi connectivity index (χ2v) is 10.5. The van der Waals surface area contributed by atoms with Gasteiger partial charge in [0.25, 0.3) is 5.91 Å². The average molecular weight is 632 g/mol. The van der Waals surface area contributed by atoms with E-state index in [-0.39, 0.29) is 11.5 Å². The van der Waals surface area contributed by atoms with Crippen molar-refractivity contribution in [3.05, 3.63) is 91.2 Å². The number of carboxylic acid groups (broad SMARTS) is 1. The molecule has 0 spiro atoms. The van der Waals surface area contributed by atoms with Crippen LogP contribution in [-0.4, -0.2) is 41.2 Å². The van der Waals surface area contributed by atoms with Crippen LogP contribution in [-0.2, 0) is 11.4 Å². The van der Waals surface area contributed by atoms with Gasteiger partial charge < -0.3 is 14.6 Å². The Kier molecular flexibility index (Phi) is 8.17. The fourth-order valence-corrected chi connectivity index (χ4v) is 5.15. The van der Waals surface area contributed by atoms with E-state index in [1.807, 2.05) is 30.3 Å². The summed E-state index contributed by atoms with van der Waals surface area (Å²) in [6, 6.07) is 17.8. The normalized spacial score (nSPS) is 15.6. The molecule has 0 aromatic heterocycles. The maximum absolute atomic E-state index is 12.9. The lowest BCUT2D eigenvalue weighted by Crippen LogP contribution is -2.23. The molecule has 1 aliphatic heterocycles. The number of amidine groups is 1. The highest BCUT2D eigenvalue weighted by Crippen LogP contribution is 2.39. The molecule has 7 nitrogen and oxygen atoms in total. The first kappa shape index (κ1) is 26.0. The summed E-state index contributed by atoms with van der Waals surface area (Å²) in [6.07, 6.45) is 1.76. The van der Waals surface area contributed by atoms with Gasteiger partial charge in [-0.3, -0.25) is 9.69 Å². The van der Waals surface area contributed by atoms with Crippen LogP contribution in [0.25, 0.3) is 6.08 Å². The lowest BCUT2D eigenvalue weighted by atomic mass is 10.1. The minimum absolute atomic E-state index is 0.129. The van der Waals surface area contributed by atoms with Gasteiger partial charge in [0, 0.05) is 11.5 Å². The Hall–Kier alpha value is -3.08. The Morgan fingerprint density at radius 2 is 1.89 bits per heavy atom. The van der Waals surface area contributed by atoms with Gasteiger partial charge in [0.15, 0.2) is 16.7 Å². The van der Waals surface area contributed by atoms with Crippen molar-refractivity contribution < 1.29 is 24.2 Å². The van der Waals surface area contributed by atoms with Crippen LogP contribution in [0.5, 0.6) is 11.5 Å². The summed E-state index contributed by atoms with van der Waals surface area (Å²) in [5.41, 5.74) is 2.34. The van der Waals surface area contributed by atoms with Gasteiger partial charge in [-0.05, 0) is 87.4 Å². The number of amides is 1. The predicted molar refractivity (Wildman–Crippen MR) is 148 cm³/mol. The van der Waals surface area contributed by atoms with Crippen molar-refractivity contribution in [3.8, 4) is 11.5 Å². The highest BCUT2D eigenvalue weighted by molar-refractivity contribution is 9.10. The predicted octanol–water partition coefficient (Wildman–Crippen LogP) is 6.73. The zero-order chi connectivity index (χ0) is 25.8. The molecule has 1 N–H and O–H groups in total. The van der Waals surface area contributed by atoms with Crippen LogP contribution in [0.3, 0.4) is 0 Å². The van der Waals surface area contributed by atoms with E-state index in [0.717, 1.165) is 15.6 Å². The van der Waals surface area contributed by atoms with Gasteiger partial charge in [0.1, 0.15) is 6.61 Å². The molecule has 36 heavy (non-hydrogen) atoms. The summed E-state index contributed by atoms with van der Waals surface area (Å²) < 4.78 is 13.2. The first-order chi connectivity index (χ1) is 17.2. The number of likely N-dealkylation sites (N-methyl/N-ethyl adjacent to an activating group) is 1. The Bertz CT molecular complexity index is 1390. The number of aliphatic imine (C=N–C) groups is 1. The van der Waals surface area contributed by atoms with Crippen molar-refractivity contribution >= 4 is 72.4 Å². The molecule has 0 aliphatic carbocycles. The van der Waals surface area contributed by atoms with E-state index < -0.39 is 5.97 Å². The molecule has 0 unspecified atom stereocenters. The van der Waals surface area contributed by atoms with Crippen molar-refractivity contribution in [3.63, 3.8) is 0 Å². The van der Waals surface area contributed by atoms with E-state index in [1.54, 1.807) is 38.4 Å². The topological polar surface area (TPSA) is 88.4 Å². The lowest BCUT2D eigenvalue weighted by molar-refractivity contribution is -0.121. The molecule has 1 heterocycles. The van der Waals surface area contributed by atoms with Crippen LogP contribution in [0.1, 0.15) is 21.5 Å². The van der Waals surface area contributed by atoms with Crippen molar-refractivity contribution in [1.82, 2.24) is 4.90 Å².